The number of aromatic nitrogens is 1. The fourth-order valence-electron chi connectivity index (χ4n) is 1.82. The zero-order valence-electron chi connectivity index (χ0n) is 11.0. The summed E-state index contributed by atoms with van der Waals surface area (Å²) in [7, 11) is 0. The van der Waals surface area contributed by atoms with Gasteiger partial charge in [0.15, 0.2) is 5.78 Å². The highest BCUT2D eigenvalue weighted by Gasteiger charge is 2.11. The molecule has 0 saturated carbocycles. The molecule has 0 saturated heterocycles. The summed E-state index contributed by atoms with van der Waals surface area (Å²) < 4.78 is 2.11. The van der Waals surface area contributed by atoms with E-state index in [9.17, 15) is 4.79 Å². The van der Waals surface area contributed by atoms with Crippen LogP contribution >= 0.6 is 0 Å². The highest BCUT2D eigenvalue weighted by molar-refractivity contribution is 5.97. The number of Topliss-reactive ketones (excluding diaryl/α,β-unsaturated/α-hetero) is 1. The summed E-state index contributed by atoms with van der Waals surface area (Å²) in [6, 6.07) is 1.92. The Balaban J connectivity index is 2.35. The normalized spacial score (nSPS) is 10.8. The number of carbonyl (C=O) groups excluding carboxylic acids is 1. The maximum absolute atomic E-state index is 11.7. The Morgan fingerprint density at radius 2 is 2.18 bits per heavy atom. The lowest BCUT2D eigenvalue weighted by Gasteiger charge is -2.03. The number of allylic oxidation sites excluding steroid dienone is 1. The van der Waals surface area contributed by atoms with Crippen molar-refractivity contribution in [2.24, 2.45) is 5.92 Å². The second kappa shape index (κ2) is 7.10. The van der Waals surface area contributed by atoms with E-state index < -0.39 is 0 Å². The first-order chi connectivity index (χ1) is 8.15. The monoisotopic (exact) mass is 233 g/mol. The van der Waals surface area contributed by atoms with E-state index in [4.69, 9.17) is 0 Å². The summed E-state index contributed by atoms with van der Waals surface area (Å²) in [6.45, 7) is 8.59. The van der Waals surface area contributed by atoms with Crippen molar-refractivity contribution in [1.29, 1.82) is 0 Å². The van der Waals surface area contributed by atoms with Crippen LogP contribution in [0.2, 0.25) is 0 Å². The van der Waals surface area contributed by atoms with Crippen molar-refractivity contribution in [3.8, 4) is 0 Å². The zero-order valence-corrected chi connectivity index (χ0v) is 11.0. The van der Waals surface area contributed by atoms with Crippen molar-refractivity contribution in [3.63, 3.8) is 0 Å². The summed E-state index contributed by atoms with van der Waals surface area (Å²) in [5.41, 5.74) is 0.839. The summed E-state index contributed by atoms with van der Waals surface area (Å²) >= 11 is 0. The highest BCUT2D eigenvalue weighted by atomic mass is 16.1. The molecular formula is C15H23NO. The van der Waals surface area contributed by atoms with Gasteiger partial charge < -0.3 is 4.57 Å². The highest BCUT2D eigenvalue weighted by Crippen LogP contribution is 2.10. The molecule has 0 atom stereocenters. The molecule has 2 heteroatoms. The molecule has 17 heavy (non-hydrogen) atoms. The summed E-state index contributed by atoms with van der Waals surface area (Å²) in [4.78, 5) is 11.7. The average molecular weight is 233 g/mol. The number of carbonyl (C=O) groups is 1. The smallest absolute Gasteiger partial charge is 0.166 e. The Morgan fingerprint density at radius 3 is 2.82 bits per heavy atom. The van der Waals surface area contributed by atoms with Crippen LogP contribution in [0, 0.1) is 5.92 Å². The second-order valence-electron chi connectivity index (χ2n) is 4.79. The molecule has 0 N–H and O–H groups in total. The Hall–Kier alpha value is -1.31. The molecule has 0 aliphatic heterocycles. The first-order valence-corrected chi connectivity index (χ1v) is 6.46. The molecule has 1 rings (SSSR count). The molecule has 2 nitrogen and oxygen atoms in total. The Bertz CT molecular complexity index is 363. The van der Waals surface area contributed by atoms with Crippen LogP contribution < -0.4 is 0 Å². The minimum Gasteiger partial charge on any atom is -0.354 e. The second-order valence-corrected chi connectivity index (χ2v) is 4.79. The van der Waals surface area contributed by atoms with Crippen LogP contribution in [-0.2, 0) is 6.54 Å². The molecule has 0 radical (unpaired) electrons. The van der Waals surface area contributed by atoms with E-state index in [1.165, 1.54) is 12.8 Å². The maximum atomic E-state index is 11.7. The summed E-state index contributed by atoms with van der Waals surface area (Å²) in [6.07, 6.45) is 10.6. The molecule has 0 fully saturated rings. The first kappa shape index (κ1) is 13.8. The van der Waals surface area contributed by atoms with E-state index in [2.05, 4.69) is 11.1 Å². The van der Waals surface area contributed by atoms with Gasteiger partial charge in [-0.1, -0.05) is 26.3 Å². The van der Waals surface area contributed by atoms with E-state index in [-0.39, 0.29) is 11.7 Å². The van der Waals surface area contributed by atoms with E-state index in [0.717, 1.165) is 24.9 Å². The number of rotatable bonds is 8. The van der Waals surface area contributed by atoms with E-state index >= 15 is 0 Å². The standard InChI is InChI=1S/C15H23NO/c1-4-5-6-7-8-10-16-11-9-14(12-16)15(17)13(2)3/h4,9,11-13H,1,5-8,10H2,2-3H3. The minimum absolute atomic E-state index is 0.0819. The summed E-state index contributed by atoms with van der Waals surface area (Å²) in [5.74, 6) is 0.314. The van der Waals surface area contributed by atoms with Crippen LogP contribution in [-0.4, -0.2) is 10.4 Å². The molecule has 1 aromatic rings. The molecule has 1 aromatic heterocycles. The lowest BCUT2D eigenvalue weighted by molar-refractivity contribution is 0.0939. The van der Waals surface area contributed by atoms with Crippen LogP contribution in [0.3, 0.4) is 0 Å². The molecule has 0 amide bonds. The van der Waals surface area contributed by atoms with Crippen molar-refractivity contribution >= 4 is 5.78 Å². The Morgan fingerprint density at radius 1 is 1.41 bits per heavy atom. The molecule has 0 unspecified atom stereocenters. The van der Waals surface area contributed by atoms with Crippen molar-refractivity contribution < 1.29 is 4.79 Å². The Kier molecular flexibility index (Phi) is 5.75. The Labute approximate surface area is 104 Å². The topological polar surface area (TPSA) is 22.0 Å². The van der Waals surface area contributed by atoms with Gasteiger partial charge in [-0.2, -0.15) is 0 Å². The van der Waals surface area contributed by atoms with Gasteiger partial charge in [0.2, 0.25) is 0 Å². The lowest BCUT2D eigenvalue weighted by Crippen LogP contribution is -2.06. The van der Waals surface area contributed by atoms with Crippen LogP contribution in [0.15, 0.2) is 31.1 Å². The summed E-state index contributed by atoms with van der Waals surface area (Å²) in [5, 5.41) is 0. The van der Waals surface area contributed by atoms with Gasteiger partial charge in [0.05, 0.1) is 0 Å². The predicted molar refractivity (Wildman–Crippen MR) is 72.3 cm³/mol. The predicted octanol–water partition coefficient (Wildman–Crippen LogP) is 4.07. The third-order valence-electron chi connectivity index (χ3n) is 2.88. The van der Waals surface area contributed by atoms with Crippen LogP contribution in [0.5, 0.6) is 0 Å². The fourth-order valence-corrected chi connectivity index (χ4v) is 1.82. The molecule has 94 valence electrons. The van der Waals surface area contributed by atoms with Crippen LogP contribution in [0.4, 0.5) is 0 Å². The maximum Gasteiger partial charge on any atom is 0.166 e. The van der Waals surface area contributed by atoms with E-state index in [1.54, 1.807) is 0 Å². The molecule has 0 bridgehead atoms. The van der Waals surface area contributed by atoms with Gasteiger partial charge in [0, 0.05) is 30.4 Å². The van der Waals surface area contributed by atoms with Crippen molar-refractivity contribution in [2.45, 2.75) is 46.1 Å². The number of ketones is 1. The van der Waals surface area contributed by atoms with Gasteiger partial charge in [0.25, 0.3) is 0 Å². The van der Waals surface area contributed by atoms with Gasteiger partial charge in [-0.15, -0.1) is 6.58 Å². The SMILES string of the molecule is C=CCCCCCn1ccc(C(=O)C(C)C)c1. The van der Waals surface area contributed by atoms with Crippen LogP contribution in [0.1, 0.15) is 49.9 Å². The molecule has 0 aromatic carbocycles. The number of hydrogen-bond donors (Lipinski definition) is 0. The number of nitrogens with zero attached hydrogens (tertiary/aromatic N) is 1. The minimum atomic E-state index is 0.0819. The number of aryl methyl sites for hydroxylation is 1. The van der Waals surface area contributed by atoms with E-state index in [1.807, 2.05) is 38.4 Å². The van der Waals surface area contributed by atoms with Gasteiger partial charge >= 0.3 is 0 Å². The third kappa shape index (κ3) is 4.59. The van der Waals surface area contributed by atoms with Gasteiger partial charge in [-0.25, -0.2) is 0 Å². The molecule has 1 heterocycles. The van der Waals surface area contributed by atoms with Crippen molar-refractivity contribution in [1.82, 2.24) is 4.57 Å². The first-order valence-electron chi connectivity index (χ1n) is 6.46. The molecule has 0 spiro atoms. The third-order valence-corrected chi connectivity index (χ3v) is 2.88. The molecule has 0 aliphatic carbocycles. The van der Waals surface area contributed by atoms with Crippen LogP contribution in [0.25, 0.3) is 0 Å². The van der Waals surface area contributed by atoms with Gasteiger partial charge in [-0.3, -0.25) is 4.79 Å². The van der Waals surface area contributed by atoms with Crippen molar-refractivity contribution in [2.75, 3.05) is 0 Å². The van der Waals surface area contributed by atoms with Crippen molar-refractivity contribution in [3.05, 3.63) is 36.7 Å². The zero-order chi connectivity index (χ0) is 12.7. The van der Waals surface area contributed by atoms with E-state index in [0.29, 0.717) is 0 Å². The molecule has 0 aliphatic rings. The largest absolute Gasteiger partial charge is 0.354 e. The quantitative estimate of drug-likeness (QED) is 0.377. The fraction of sp³-hybridized carbons (Fsp3) is 0.533. The molecular weight excluding hydrogens is 210 g/mol. The number of unbranched alkanes of at least 4 members (excludes halogenated alkanes) is 3. The lowest BCUT2D eigenvalue weighted by atomic mass is 10.0. The number of hydrogen-bond acceptors (Lipinski definition) is 1. The van der Waals surface area contributed by atoms with Gasteiger partial charge in [-0.05, 0) is 25.3 Å². The van der Waals surface area contributed by atoms with Gasteiger partial charge in [0.1, 0.15) is 0 Å². The average Bonchev–Trinajstić information content (AvgIpc) is 2.76.